The number of carbonyl (C=O) groups excluding carboxylic acids is 2. The Kier molecular flexibility index (Phi) is 4.86. The van der Waals surface area contributed by atoms with E-state index in [0.717, 1.165) is 12.0 Å². The normalized spacial score (nSPS) is 25.0. The van der Waals surface area contributed by atoms with Gasteiger partial charge in [-0.2, -0.15) is 0 Å². The lowest BCUT2D eigenvalue weighted by Crippen LogP contribution is -2.50. The van der Waals surface area contributed by atoms with Gasteiger partial charge in [0.05, 0.1) is 19.1 Å². The van der Waals surface area contributed by atoms with Crippen molar-refractivity contribution in [1.82, 2.24) is 9.80 Å². The second kappa shape index (κ2) is 6.78. The summed E-state index contributed by atoms with van der Waals surface area (Å²) < 4.78 is 10.6. The lowest BCUT2D eigenvalue weighted by molar-refractivity contribution is -0.143. The highest BCUT2D eigenvalue weighted by molar-refractivity contribution is 8.01. The first-order chi connectivity index (χ1) is 11.9. The van der Waals surface area contributed by atoms with Crippen LogP contribution in [0.1, 0.15) is 25.3 Å². The van der Waals surface area contributed by atoms with E-state index in [1.807, 2.05) is 12.1 Å². The van der Waals surface area contributed by atoms with Gasteiger partial charge in [0.2, 0.25) is 11.8 Å². The SMILES string of the molecule is COc1ccc(CN(C)C(=O)[C@H]2CS[C@@]3(C)CCC(=O)N23)c(OC)c1. The van der Waals surface area contributed by atoms with E-state index < -0.39 is 0 Å². The number of ether oxygens (including phenoxy) is 2. The monoisotopic (exact) mass is 364 g/mol. The maximum Gasteiger partial charge on any atom is 0.246 e. The zero-order valence-corrected chi connectivity index (χ0v) is 15.9. The van der Waals surface area contributed by atoms with E-state index in [-0.39, 0.29) is 22.7 Å². The number of rotatable bonds is 5. The largest absolute Gasteiger partial charge is 0.497 e. The molecule has 6 nitrogen and oxygen atoms in total. The molecule has 1 aromatic carbocycles. The Bertz CT molecular complexity index is 696. The fraction of sp³-hybridized carbons (Fsp3) is 0.556. The molecular weight excluding hydrogens is 340 g/mol. The van der Waals surface area contributed by atoms with Crippen LogP contribution in [-0.4, -0.2) is 59.5 Å². The molecule has 7 heteroatoms. The number of carbonyl (C=O) groups is 2. The van der Waals surface area contributed by atoms with Crippen LogP contribution in [0.4, 0.5) is 0 Å². The minimum Gasteiger partial charge on any atom is -0.497 e. The second-order valence-corrected chi connectivity index (χ2v) is 8.14. The number of nitrogens with zero attached hydrogens (tertiary/aromatic N) is 2. The Morgan fingerprint density at radius 1 is 1.40 bits per heavy atom. The van der Waals surface area contributed by atoms with Crippen molar-refractivity contribution in [3.63, 3.8) is 0 Å². The van der Waals surface area contributed by atoms with E-state index in [9.17, 15) is 9.59 Å². The Labute approximate surface area is 152 Å². The van der Waals surface area contributed by atoms with Gasteiger partial charge in [0.25, 0.3) is 0 Å². The Morgan fingerprint density at radius 3 is 2.84 bits per heavy atom. The number of amides is 2. The first kappa shape index (κ1) is 17.9. The molecule has 0 unspecified atom stereocenters. The smallest absolute Gasteiger partial charge is 0.246 e. The zero-order chi connectivity index (χ0) is 18.2. The first-order valence-electron chi connectivity index (χ1n) is 8.31. The summed E-state index contributed by atoms with van der Waals surface area (Å²) in [4.78, 5) is 28.4. The Morgan fingerprint density at radius 2 is 2.16 bits per heavy atom. The van der Waals surface area contributed by atoms with Crippen molar-refractivity contribution in [1.29, 1.82) is 0 Å². The molecule has 2 fully saturated rings. The lowest BCUT2D eigenvalue weighted by Gasteiger charge is -2.32. The van der Waals surface area contributed by atoms with Crippen molar-refractivity contribution >= 4 is 23.6 Å². The van der Waals surface area contributed by atoms with Gasteiger partial charge in [-0.05, 0) is 25.5 Å². The molecule has 2 amide bonds. The van der Waals surface area contributed by atoms with Crippen molar-refractivity contribution in [2.24, 2.45) is 0 Å². The molecule has 2 heterocycles. The first-order valence-corrected chi connectivity index (χ1v) is 9.30. The molecule has 2 saturated heterocycles. The van der Waals surface area contributed by atoms with Gasteiger partial charge in [-0.15, -0.1) is 11.8 Å². The van der Waals surface area contributed by atoms with E-state index in [4.69, 9.17) is 9.47 Å². The molecule has 136 valence electrons. The quantitative estimate of drug-likeness (QED) is 0.801. The molecule has 0 N–H and O–H groups in total. The Hall–Kier alpha value is -1.89. The number of fused-ring (bicyclic) bond motifs is 1. The minimum absolute atomic E-state index is 0.0238. The van der Waals surface area contributed by atoms with E-state index in [1.165, 1.54) is 0 Å². The highest BCUT2D eigenvalue weighted by atomic mass is 32.2. The number of likely N-dealkylation sites (N-methyl/N-ethyl adjacent to an activating group) is 1. The van der Waals surface area contributed by atoms with Gasteiger partial charge in [0.15, 0.2) is 0 Å². The third-order valence-corrected chi connectivity index (χ3v) is 6.51. The van der Waals surface area contributed by atoms with Crippen LogP contribution in [0.2, 0.25) is 0 Å². The molecule has 25 heavy (non-hydrogen) atoms. The summed E-state index contributed by atoms with van der Waals surface area (Å²) >= 11 is 1.71. The van der Waals surface area contributed by atoms with Gasteiger partial charge in [0.1, 0.15) is 17.5 Å². The summed E-state index contributed by atoms with van der Waals surface area (Å²) in [6, 6.07) is 5.18. The lowest BCUT2D eigenvalue weighted by atomic mass is 10.1. The molecule has 3 rings (SSSR count). The fourth-order valence-corrected chi connectivity index (χ4v) is 5.00. The van der Waals surface area contributed by atoms with Crippen molar-refractivity contribution in [2.45, 2.75) is 37.2 Å². The number of methoxy groups -OCH3 is 2. The summed E-state index contributed by atoms with van der Waals surface area (Å²) in [5.74, 6) is 2.11. The van der Waals surface area contributed by atoms with Crippen LogP contribution >= 0.6 is 11.8 Å². The number of thioether (sulfide) groups is 1. The van der Waals surface area contributed by atoms with Crippen LogP contribution < -0.4 is 9.47 Å². The van der Waals surface area contributed by atoms with Crippen molar-refractivity contribution in [3.05, 3.63) is 23.8 Å². The Balaban J connectivity index is 1.74. The van der Waals surface area contributed by atoms with Gasteiger partial charge < -0.3 is 19.3 Å². The maximum atomic E-state index is 13.0. The van der Waals surface area contributed by atoms with Crippen molar-refractivity contribution < 1.29 is 19.1 Å². The second-order valence-electron chi connectivity index (χ2n) is 6.64. The average molecular weight is 364 g/mol. The van der Waals surface area contributed by atoms with Crippen molar-refractivity contribution in [2.75, 3.05) is 27.0 Å². The van der Waals surface area contributed by atoms with E-state index in [0.29, 0.717) is 30.2 Å². The molecule has 0 aliphatic carbocycles. The third-order valence-electron chi connectivity index (χ3n) is 5.01. The number of hydrogen-bond donors (Lipinski definition) is 0. The van der Waals surface area contributed by atoms with Gasteiger partial charge in [-0.25, -0.2) is 0 Å². The molecule has 1 aromatic rings. The topological polar surface area (TPSA) is 59.1 Å². The zero-order valence-electron chi connectivity index (χ0n) is 15.1. The predicted octanol–water partition coefficient (Wildman–Crippen LogP) is 2.12. The van der Waals surface area contributed by atoms with Gasteiger partial charge in [-0.3, -0.25) is 9.59 Å². The van der Waals surface area contributed by atoms with Gasteiger partial charge >= 0.3 is 0 Å². The van der Waals surface area contributed by atoms with E-state index >= 15 is 0 Å². The highest BCUT2D eigenvalue weighted by Crippen LogP contribution is 2.47. The van der Waals surface area contributed by atoms with Gasteiger partial charge in [0, 0.05) is 37.4 Å². The maximum absolute atomic E-state index is 13.0. The summed E-state index contributed by atoms with van der Waals surface area (Å²) in [7, 11) is 4.97. The van der Waals surface area contributed by atoms with Crippen LogP contribution in [0.5, 0.6) is 11.5 Å². The molecule has 0 aromatic heterocycles. The summed E-state index contributed by atoms with van der Waals surface area (Å²) in [6.07, 6.45) is 1.35. The van der Waals surface area contributed by atoms with Crippen LogP contribution in [0, 0.1) is 0 Å². The van der Waals surface area contributed by atoms with Crippen LogP contribution in [0.3, 0.4) is 0 Å². The van der Waals surface area contributed by atoms with Crippen LogP contribution in [-0.2, 0) is 16.1 Å². The molecular formula is C18H24N2O4S. The predicted molar refractivity (Wildman–Crippen MR) is 96.8 cm³/mol. The van der Waals surface area contributed by atoms with Gasteiger partial charge in [-0.1, -0.05) is 0 Å². The number of benzene rings is 1. The van der Waals surface area contributed by atoms with Crippen LogP contribution in [0.25, 0.3) is 0 Å². The molecule has 0 radical (unpaired) electrons. The fourth-order valence-electron chi connectivity index (χ4n) is 3.57. The highest BCUT2D eigenvalue weighted by Gasteiger charge is 2.53. The number of hydrogen-bond acceptors (Lipinski definition) is 5. The molecule has 2 atom stereocenters. The summed E-state index contributed by atoms with van der Waals surface area (Å²) in [5, 5.41) is 0. The molecule has 2 aliphatic heterocycles. The molecule has 0 spiro atoms. The summed E-state index contributed by atoms with van der Waals surface area (Å²) in [6.45, 7) is 2.48. The summed E-state index contributed by atoms with van der Waals surface area (Å²) in [5.41, 5.74) is 0.903. The van der Waals surface area contributed by atoms with Crippen molar-refractivity contribution in [3.8, 4) is 11.5 Å². The standard InChI is InChI=1S/C18H24N2O4S/c1-18-8-7-16(21)20(18)14(11-25-18)17(22)19(2)10-12-5-6-13(23-3)9-15(12)24-4/h5-6,9,14H,7-8,10-11H2,1-4H3/t14-,18+/m1/s1. The minimum atomic E-state index is -0.376. The third kappa shape index (κ3) is 3.17. The molecule has 0 bridgehead atoms. The van der Waals surface area contributed by atoms with Crippen LogP contribution in [0.15, 0.2) is 18.2 Å². The molecule has 0 saturated carbocycles. The average Bonchev–Trinajstić information content (AvgIpc) is 3.10. The van der Waals surface area contributed by atoms with E-state index in [1.54, 1.807) is 48.9 Å². The van der Waals surface area contributed by atoms with E-state index in [2.05, 4.69) is 6.92 Å². The molecule has 2 aliphatic rings.